The van der Waals surface area contributed by atoms with E-state index < -0.39 is 23.6 Å². The first kappa shape index (κ1) is 27.2. The highest BCUT2D eigenvalue weighted by atomic mass is 33.1. The number of carbonyl (C=O) groups is 4. The van der Waals surface area contributed by atoms with Gasteiger partial charge in [0, 0.05) is 14.7 Å². The van der Waals surface area contributed by atoms with Crippen LogP contribution in [0.25, 0.3) is 0 Å². The fraction of sp³-hybridized carbons (Fsp3) is 0. The minimum atomic E-state index is -0.520. The Bertz CT molecular complexity index is 1380. The van der Waals surface area contributed by atoms with Gasteiger partial charge in [0.25, 0.3) is 23.6 Å². The summed E-state index contributed by atoms with van der Waals surface area (Å²) >= 11 is 1.13. The molecule has 5 rings (SSSR count). The number of rotatable bonds is 0. The van der Waals surface area contributed by atoms with Crippen LogP contribution in [-0.4, -0.2) is 23.6 Å². The minimum absolute atomic E-state index is 0.286. The second-order valence-corrected chi connectivity index (χ2v) is 11.3. The third-order valence-electron chi connectivity index (χ3n) is 5.64. The summed E-state index contributed by atoms with van der Waals surface area (Å²) in [5.74, 6) is -2.00. The monoisotopic (exact) mass is 587 g/mol. The van der Waals surface area contributed by atoms with Crippen molar-refractivity contribution in [2.24, 2.45) is 0 Å². The number of para-hydroxylation sites is 1. The fourth-order valence-electron chi connectivity index (χ4n) is 3.66. The van der Waals surface area contributed by atoms with Gasteiger partial charge >= 0.3 is 0 Å². The summed E-state index contributed by atoms with van der Waals surface area (Å²) in [6, 6.07) is 27.5. The predicted octanol–water partition coefficient (Wildman–Crippen LogP) is 5.07. The maximum atomic E-state index is 13.0. The maximum Gasteiger partial charge on any atom is 0.271 e. The van der Waals surface area contributed by atoms with E-state index in [4.69, 9.17) is 0 Å². The third kappa shape index (κ3) is 6.25. The quantitative estimate of drug-likeness (QED) is 0.143. The summed E-state index contributed by atoms with van der Waals surface area (Å²) in [4.78, 5) is 53.9. The molecule has 40 heavy (non-hydrogen) atoms. The van der Waals surface area contributed by atoms with E-state index in [-0.39, 0.29) is 5.56 Å². The van der Waals surface area contributed by atoms with E-state index in [1.165, 1.54) is 21.6 Å². The average molecular weight is 588 g/mol. The Morgan fingerprint density at radius 3 is 1.25 bits per heavy atom. The molecule has 1 aliphatic heterocycles. The van der Waals surface area contributed by atoms with Gasteiger partial charge in [0.1, 0.15) is 0 Å². The summed E-state index contributed by atoms with van der Waals surface area (Å²) in [5.41, 5.74) is 11.7. The van der Waals surface area contributed by atoms with E-state index in [0.717, 1.165) is 11.9 Å². The number of nitrogens with one attached hydrogen (secondary N) is 5. The molecule has 4 aromatic rings. The molecule has 0 saturated carbocycles. The summed E-state index contributed by atoms with van der Waals surface area (Å²) < 4.78 is 3.11. The van der Waals surface area contributed by atoms with E-state index in [1.54, 1.807) is 97.1 Å². The lowest BCUT2D eigenvalue weighted by Gasteiger charge is -2.15. The molecule has 1 aliphatic rings. The summed E-state index contributed by atoms with van der Waals surface area (Å²) in [6.45, 7) is 0. The van der Waals surface area contributed by atoms with Crippen LogP contribution in [0.3, 0.4) is 0 Å². The van der Waals surface area contributed by atoms with Gasteiger partial charge in [-0.15, -0.1) is 0 Å². The molecule has 4 aromatic carbocycles. The molecule has 0 atom stereocenters. The van der Waals surface area contributed by atoms with Crippen LogP contribution in [0.1, 0.15) is 41.4 Å². The molecule has 12 heteroatoms. The number of amides is 4. The molecule has 5 N–H and O–H groups in total. The number of carbonyl (C=O) groups excluding carboxylic acids is 4. The Morgan fingerprint density at radius 2 is 0.750 bits per heavy atom. The normalized spacial score (nSPS) is 14.4. The first-order valence-corrected chi connectivity index (χ1v) is 14.8. The predicted molar refractivity (Wildman–Crippen MR) is 157 cm³/mol. The van der Waals surface area contributed by atoms with Gasteiger partial charge < -0.3 is 4.72 Å². The molecule has 0 spiro atoms. The van der Waals surface area contributed by atoms with Crippen molar-refractivity contribution in [3.05, 3.63) is 119 Å². The van der Waals surface area contributed by atoms with Crippen LogP contribution in [-0.2, 0) is 0 Å². The highest BCUT2D eigenvalue weighted by Gasteiger charge is 2.19. The molecule has 4 amide bonds. The second kappa shape index (κ2) is 12.6. The molecular formula is C28H21N5O4S3. The summed E-state index contributed by atoms with van der Waals surface area (Å²) in [5, 5.41) is 0. The van der Waals surface area contributed by atoms with Crippen molar-refractivity contribution in [2.45, 2.75) is 14.7 Å². The van der Waals surface area contributed by atoms with Gasteiger partial charge in [-0.2, -0.15) is 0 Å². The number of hydrazine groups is 2. The molecule has 1 heterocycles. The van der Waals surface area contributed by atoms with Gasteiger partial charge in [-0.25, -0.2) is 0 Å². The lowest BCUT2D eigenvalue weighted by molar-refractivity contribution is 0.0843. The van der Waals surface area contributed by atoms with E-state index in [9.17, 15) is 19.2 Å². The van der Waals surface area contributed by atoms with Gasteiger partial charge in [0.15, 0.2) is 0 Å². The molecule has 200 valence electrons. The summed E-state index contributed by atoms with van der Waals surface area (Å²) in [6.07, 6.45) is 0. The number of anilines is 1. The third-order valence-corrected chi connectivity index (χ3v) is 9.02. The maximum absolute atomic E-state index is 13.0. The Morgan fingerprint density at radius 1 is 0.400 bits per heavy atom. The van der Waals surface area contributed by atoms with Crippen molar-refractivity contribution >= 4 is 62.9 Å². The van der Waals surface area contributed by atoms with E-state index in [1.807, 2.05) is 0 Å². The zero-order valence-electron chi connectivity index (χ0n) is 20.6. The number of hydrogen-bond donors (Lipinski definition) is 5. The largest absolute Gasteiger partial charge is 0.325 e. The topological polar surface area (TPSA) is 128 Å². The molecule has 0 bridgehead atoms. The van der Waals surface area contributed by atoms with Crippen LogP contribution in [0.15, 0.2) is 112 Å². The highest BCUT2D eigenvalue weighted by Crippen LogP contribution is 2.40. The molecular weight excluding hydrogens is 567 g/mol. The Labute approximate surface area is 241 Å². The van der Waals surface area contributed by atoms with Crippen LogP contribution in [0.4, 0.5) is 5.69 Å². The number of hydrogen-bond acceptors (Lipinski definition) is 8. The molecule has 0 radical (unpaired) electrons. The van der Waals surface area contributed by atoms with Crippen LogP contribution < -0.4 is 26.4 Å². The number of benzene rings is 4. The Kier molecular flexibility index (Phi) is 8.59. The molecule has 0 fully saturated rings. The average Bonchev–Trinajstić information content (AvgIpc) is 3.00. The molecule has 0 saturated heterocycles. The first-order valence-electron chi connectivity index (χ1n) is 11.9. The first-order chi connectivity index (χ1) is 19.5. The smallest absolute Gasteiger partial charge is 0.271 e. The van der Waals surface area contributed by atoms with Crippen molar-refractivity contribution in [3.8, 4) is 0 Å². The van der Waals surface area contributed by atoms with E-state index >= 15 is 0 Å². The van der Waals surface area contributed by atoms with Crippen LogP contribution in [0.5, 0.6) is 0 Å². The Hall–Kier alpha value is -4.39. The fourth-order valence-corrected chi connectivity index (χ4v) is 6.84. The zero-order chi connectivity index (χ0) is 27.9. The van der Waals surface area contributed by atoms with E-state index in [0.29, 0.717) is 37.1 Å². The van der Waals surface area contributed by atoms with Crippen molar-refractivity contribution in [3.63, 3.8) is 0 Å². The van der Waals surface area contributed by atoms with Crippen LogP contribution in [0.2, 0.25) is 0 Å². The minimum Gasteiger partial charge on any atom is -0.325 e. The van der Waals surface area contributed by atoms with Gasteiger partial charge in [-0.05, 0) is 60.5 Å². The van der Waals surface area contributed by atoms with Crippen molar-refractivity contribution in [1.82, 2.24) is 21.7 Å². The Balaban J connectivity index is 1.49. The van der Waals surface area contributed by atoms with Gasteiger partial charge in [-0.3, -0.25) is 40.9 Å². The van der Waals surface area contributed by atoms with Gasteiger partial charge in [-0.1, -0.05) is 70.1 Å². The second-order valence-electron chi connectivity index (χ2n) is 8.22. The van der Waals surface area contributed by atoms with Crippen molar-refractivity contribution < 1.29 is 19.2 Å². The van der Waals surface area contributed by atoms with E-state index in [2.05, 4.69) is 26.4 Å². The van der Waals surface area contributed by atoms with Crippen molar-refractivity contribution in [1.29, 1.82) is 0 Å². The highest BCUT2D eigenvalue weighted by molar-refractivity contribution is 8.76. The zero-order valence-corrected chi connectivity index (χ0v) is 23.0. The van der Waals surface area contributed by atoms with Gasteiger partial charge in [0.05, 0.1) is 27.9 Å². The van der Waals surface area contributed by atoms with Crippen LogP contribution in [0, 0.1) is 0 Å². The van der Waals surface area contributed by atoms with Crippen LogP contribution >= 0.6 is 33.5 Å². The molecule has 0 aromatic heterocycles. The SMILES string of the molecule is O=C1NNC(=O)c2ccccc2SSc2ccccc2C(=O)NNC(=O)c2ccccc2SNc2ccccc21. The molecule has 0 aliphatic carbocycles. The summed E-state index contributed by atoms with van der Waals surface area (Å²) in [7, 11) is 2.58. The molecule has 0 unspecified atom stereocenters. The standard InChI is InChI=1S/C28H21N5O4S3/c34-25-17-9-1-5-13-21(17)33-38-22-14-6-2-10-18(22)26(35)30-32-28(37)20-12-4-8-16-24(20)40-39-23-15-7-3-11-19(23)27(36)31-29-25/h1-16,33H,(H,29,34)(H,30,35)(H,31,36)(H,32,37). The van der Waals surface area contributed by atoms with Gasteiger partial charge in [0.2, 0.25) is 0 Å². The molecule has 9 nitrogen and oxygen atoms in total. The lowest BCUT2D eigenvalue weighted by atomic mass is 10.2. The van der Waals surface area contributed by atoms with Crippen molar-refractivity contribution in [2.75, 3.05) is 4.72 Å². The number of fused-ring (bicyclic) bond motifs is 4. The lowest BCUT2D eigenvalue weighted by Crippen LogP contribution is -2.42.